The van der Waals surface area contributed by atoms with Gasteiger partial charge in [-0.3, -0.25) is 9.78 Å². The van der Waals surface area contributed by atoms with Gasteiger partial charge in [0.25, 0.3) is 0 Å². The molecule has 3 aliphatic rings. The van der Waals surface area contributed by atoms with Crippen LogP contribution in [0, 0.1) is 22.7 Å². The zero-order valence-corrected chi connectivity index (χ0v) is 20.0. The van der Waals surface area contributed by atoms with Gasteiger partial charge < -0.3 is 14.5 Å². The molecule has 5 rings (SSSR count). The molecule has 1 aliphatic heterocycles. The fraction of sp³-hybridized carbons (Fsp3) is 0.652. The zero-order chi connectivity index (χ0) is 23.6. The van der Waals surface area contributed by atoms with E-state index < -0.39 is 15.8 Å². The van der Waals surface area contributed by atoms with Crippen molar-refractivity contribution in [3.63, 3.8) is 0 Å². The zero-order valence-electron chi connectivity index (χ0n) is 19.1. The van der Waals surface area contributed by atoms with Crippen molar-refractivity contribution in [3.05, 3.63) is 28.7 Å². The van der Waals surface area contributed by atoms with Gasteiger partial charge in [-0.1, -0.05) is 13.8 Å². The number of rotatable bonds is 6. The molecule has 33 heavy (non-hydrogen) atoms. The largest absolute Gasteiger partial charge is 0.417 e. The number of aromatic amines is 1. The van der Waals surface area contributed by atoms with E-state index in [1.807, 2.05) is 0 Å². The molecule has 0 radical (unpaired) electrons. The van der Waals surface area contributed by atoms with E-state index in [1.165, 1.54) is 18.2 Å². The number of H-pyrrole nitrogens is 1. The fourth-order valence-electron chi connectivity index (χ4n) is 6.91. The van der Waals surface area contributed by atoms with Gasteiger partial charge in [0.15, 0.2) is 5.58 Å². The highest BCUT2D eigenvalue weighted by Gasteiger charge is 2.68. The Balaban J connectivity index is 1.28. The minimum atomic E-state index is -3.76. The number of carbonyl (C=O) groups is 1. The summed E-state index contributed by atoms with van der Waals surface area (Å²) in [4.78, 5) is 25.9. The van der Waals surface area contributed by atoms with E-state index in [1.54, 1.807) is 6.92 Å². The molecule has 2 bridgehead atoms. The highest BCUT2D eigenvalue weighted by Crippen LogP contribution is 2.68. The average Bonchev–Trinajstić information content (AvgIpc) is 3.36. The molecule has 1 spiro atoms. The first-order valence-electron chi connectivity index (χ1n) is 11.5. The van der Waals surface area contributed by atoms with Gasteiger partial charge in [0.05, 0.1) is 16.5 Å². The summed E-state index contributed by atoms with van der Waals surface area (Å²) in [5, 5.41) is 3.25. The van der Waals surface area contributed by atoms with E-state index in [0.29, 0.717) is 30.4 Å². The lowest BCUT2D eigenvalue weighted by Crippen LogP contribution is -2.60. The number of ether oxygens (including phenoxy) is 1. The standard InChI is InChI=1S/C23H31N3O6S/c1-13(27)25-20-22(2,3)14-10-16-18(31-9-7-23(16,20)12-14)6-8-24-33(29,30)15-4-5-17-19(11-15)32-21(28)26-17/h4-5,11,14,16,18,20,24H,6-10,12H2,1-3H3,(H,25,27)(H,26,28)/t14-,16-,18-,20+,23?/m1/s1. The lowest BCUT2D eigenvalue weighted by Gasteiger charge is -2.53. The third kappa shape index (κ3) is 3.63. The highest BCUT2D eigenvalue weighted by atomic mass is 32.2. The Hall–Kier alpha value is -2.17. The van der Waals surface area contributed by atoms with Crippen molar-refractivity contribution in [2.75, 3.05) is 13.2 Å². The van der Waals surface area contributed by atoms with Crippen LogP contribution < -0.4 is 15.8 Å². The van der Waals surface area contributed by atoms with Gasteiger partial charge in [-0.15, -0.1) is 0 Å². The maximum atomic E-state index is 12.8. The van der Waals surface area contributed by atoms with Crippen LogP contribution in [0.2, 0.25) is 0 Å². The molecule has 5 atom stereocenters. The van der Waals surface area contributed by atoms with Gasteiger partial charge in [0.1, 0.15) is 0 Å². The molecule has 2 saturated carbocycles. The number of sulfonamides is 1. The van der Waals surface area contributed by atoms with Crippen molar-refractivity contribution in [1.82, 2.24) is 15.0 Å². The van der Waals surface area contributed by atoms with Crippen LogP contribution in [0.25, 0.3) is 11.1 Å². The predicted molar refractivity (Wildman–Crippen MR) is 121 cm³/mol. The summed E-state index contributed by atoms with van der Waals surface area (Å²) in [5.41, 5.74) is 0.706. The lowest BCUT2D eigenvalue weighted by molar-refractivity contribution is -0.135. The summed E-state index contributed by atoms with van der Waals surface area (Å²) < 4.78 is 39.4. The maximum Gasteiger partial charge on any atom is 0.417 e. The molecule has 10 heteroatoms. The van der Waals surface area contributed by atoms with Gasteiger partial charge in [0.2, 0.25) is 15.9 Å². The van der Waals surface area contributed by atoms with Crippen molar-refractivity contribution in [2.24, 2.45) is 22.7 Å². The van der Waals surface area contributed by atoms with Crippen molar-refractivity contribution in [1.29, 1.82) is 0 Å². The van der Waals surface area contributed by atoms with E-state index in [0.717, 1.165) is 19.3 Å². The molecule has 1 aromatic carbocycles. The van der Waals surface area contributed by atoms with E-state index in [4.69, 9.17) is 9.15 Å². The van der Waals surface area contributed by atoms with Gasteiger partial charge in [-0.25, -0.2) is 17.9 Å². The molecule has 1 aromatic heterocycles. The van der Waals surface area contributed by atoms with Crippen molar-refractivity contribution in [3.8, 4) is 0 Å². The number of benzene rings is 1. The minimum absolute atomic E-state index is 0.000206. The van der Waals surface area contributed by atoms with Gasteiger partial charge >= 0.3 is 5.76 Å². The Kier molecular flexibility index (Phi) is 5.26. The van der Waals surface area contributed by atoms with Crippen LogP contribution in [0.4, 0.5) is 0 Å². The van der Waals surface area contributed by atoms with Crippen LogP contribution in [-0.2, 0) is 19.6 Å². The molecule has 9 nitrogen and oxygen atoms in total. The summed E-state index contributed by atoms with van der Waals surface area (Å²) in [6.45, 7) is 6.95. The summed E-state index contributed by atoms with van der Waals surface area (Å²) in [5.74, 6) is 0.196. The number of fused-ring (bicyclic) bond motifs is 2. The number of nitrogens with one attached hydrogen (secondary N) is 3. The second-order valence-corrected chi connectivity index (χ2v) is 12.2. The van der Waals surface area contributed by atoms with Crippen LogP contribution in [0.5, 0.6) is 0 Å². The number of carbonyl (C=O) groups excluding carboxylic acids is 1. The maximum absolute atomic E-state index is 12.8. The molecule has 1 unspecified atom stereocenters. The van der Waals surface area contributed by atoms with E-state index in [9.17, 15) is 18.0 Å². The molecule has 3 N–H and O–H groups in total. The summed E-state index contributed by atoms with van der Waals surface area (Å²) in [7, 11) is -3.76. The second-order valence-electron chi connectivity index (χ2n) is 10.4. The minimum Gasteiger partial charge on any atom is -0.408 e. The third-order valence-electron chi connectivity index (χ3n) is 8.39. The molecular formula is C23H31N3O6S. The lowest BCUT2D eigenvalue weighted by atomic mass is 9.59. The van der Waals surface area contributed by atoms with E-state index in [2.05, 4.69) is 28.9 Å². The average molecular weight is 478 g/mol. The van der Waals surface area contributed by atoms with Gasteiger partial charge in [0, 0.05) is 32.2 Å². The van der Waals surface area contributed by atoms with E-state index >= 15 is 0 Å². The first-order chi connectivity index (χ1) is 15.5. The first kappa shape index (κ1) is 22.6. The second kappa shape index (κ2) is 7.68. The number of oxazole rings is 1. The number of aromatic nitrogens is 1. The summed E-state index contributed by atoms with van der Waals surface area (Å²) >= 11 is 0. The summed E-state index contributed by atoms with van der Waals surface area (Å²) in [6.07, 6.45) is 3.57. The monoisotopic (exact) mass is 477 g/mol. The van der Waals surface area contributed by atoms with E-state index in [-0.39, 0.29) is 45.9 Å². The van der Waals surface area contributed by atoms with Crippen molar-refractivity contribution < 1.29 is 22.4 Å². The Bertz CT molecular complexity index is 1250. The van der Waals surface area contributed by atoms with Crippen LogP contribution in [0.15, 0.2) is 32.3 Å². The predicted octanol–water partition coefficient (Wildman–Crippen LogP) is 2.14. The molecule has 2 aliphatic carbocycles. The van der Waals surface area contributed by atoms with Gasteiger partial charge in [-0.05, 0) is 60.5 Å². The Morgan fingerprint density at radius 2 is 2.09 bits per heavy atom. The molecule has 180 valence electrons. The topological polar surface area (TPSA) is 130 Å². The van der Waals surface area contributed by atoms with Crippen LogP contribution >= 0.6 is 0 Å². The quantitative estimate of drug-likeness (QED) is 0.584. The normalized spacial score (nSPS) is 32.7. The third-order valence-corrected chi connectivity index (χ3v) is 9.85. The van der Waals surface area contributed by atoms with Crippen molar-refractivity contribution in [2.45, 2.75) is 63.5 Å². The van der Waals surface area contributed by atoms with Crippen LogP contribution in [0.1, 0.15) is 46.5 Å². The molecule has 2 heterocycles. The molecule has 1 saturated heterocycles. The molecule has 3 fully saturated rings. The number of hydrogen-bond donors (Lipinski definition) is 3. The molecule has 1 amide bonds. The molecular weight excluding hydrogens is 446 g/mol. The van der Waals surface area contributed by atoms with Crippen LogP contribution in [-0.4, -0.2) is 44.6 Å². The fourth-order valence-corrected chi connectivity index (χ4v) is 7.97. The Labute approximate surface area is 192 Å². The smallest absolute Gasteiger partial charge is 0.408 e. The Morgan fingerprint density at radius 3 is 2.85 bits per heavy atom. The van der Waals surface area contributed by atoms with Gasteiger partial charge in [-0.2, -0.15) is 0 Å². The SMILES string of the molecule is CC(=O)N[C@H]1C(C)(C)[C@@H]2C[C@@H]3[C@@H](CCNS(=O)(=O)c4ccc5[nH]c(=O)oc5c4)OCCC31C2. The summed E-state index contributed by atoms with van der Waals surface area (Å²) in [6, 6.07) is 4.41. The van der Waals surface area contributed by atoms with Crippen LogP contribution in [0.3, 0.4) is 0 Å². The highest BCUT2D eigenvalue weighted by molar-refractivity contribution is 7.89. The Morgan fingerprint density at radius 1 is 1.30 bits per heavy atom. The van der Waals surface area contributed by atoms with Crippen molar-refractivity contribution >= 4 is 27.0 Å². The first-order valence-corrected chi connectivity index (χ1v) is 13.0. The molecule has 2 aromatic rings. The number of amides is 1. The number of hydrogen-bond acceptors (Lipinski definition) is 6.